The molecule has 0 amide bonds. The fourth-order valence-corrected chi connectivity index (χ4v) is 3.82. The van der Waals surface area contributed by atoms with Crippen LogP contribution in [0.4, 0.5) is 0 Å². The summed E-state index contributed by atoms with van der Waals surface area (Å²) >= 11 is 0. The lowest BCUT2D eigenvalue weighted by Gasteiger charge is -2.44. The van der Waals surface area contributed by atoms with Gasteiger partial charge in [0.25, 0.3) is 0 Å². The molecule has 1 aliphatic rings. The number of nitrogens with two attached hydrogens (primary N) is 1. The van der Waals surface area contributed by atoms with Crippen molar-refractivity contribution in [2.24, 2.45) is 17.1 Å². The molecule has 2 unspecified atom stereocenters. The van der Waals surface area contributed by atoms with Crippen molar-refractivity contribution in [3.05, 3.63) is 35.9 Å². The van der Waals surface area contributed by atoms with Gasteiger partial charge in [0.2, 0.25) is 0 Å². The molecule has 0 spiro atoms. The summed E-state index contributed by atoms with van der Waals surface area (Å²) in [5, 5.41) is 0. The van der Waals surface area contributed by atoms with Gasteiger partial charge in [-0.15, -0.1) is 0 Å². The maximum Gasteiger partial charge on any atom is 0.0237 e. The Hall–Kier alpha value is -0.860. The van der Waals surface area contributed by atoms with Crippen LogP contribution in [0, 0.1) is 11.3 Å². The first-order valence-corrected chi connectivity index (χ1v) is 8.00. The van der Waals surface area contributed by atoms with E-state index in [9.17, 15) is 0 Å². The number of rotatable bonds is 5. The van der Waals surface area contributed by atoms with E-state index in [4.69, 9.17) is 5.73 Å². The summed E-state index contributed by atoms with van der Waals surface area (Å²) in [6, 6.07) is 11.5. The normalized spacial score (nSPS) is 25.9. The van der Waals surface area contributed by atoms with Crippen LogP contribution in [-0.4, -0.2) is 24.0 Å². The minimum Gasteiger partial charge on any atom is -0.329 e. The highest BCUT2D eigenvalue weighted by Gasteiger charge is 2.35. The smallest absolute Gasteiger partial charge is 0.0237 e. The highest BCUT2D eigenvalue weighted by atomic mass is 15.2. The van der Waals surface area contributed by atoms with Gasteiger partial charge in [-0.05, 0) is 36.2 Å². The first kappa shape index (κ1) is 15.5. The highest BCUT2D eigenvalue weighted by Crippen LogP contribution is 2.40. The minimum atomic E-state index is 0.511. The molecular formula is C18H30N2. The number of hydrogen-bond donors (Lipinski definition) is 1. The molecule has 2 N–H and O–H groups in total. The van der Waals surface area contributed by atoms with Gasteiger partial charge in [0.1, 0.15) is 0 Å². The van der Waals surface area contributed by atoms with Gasteiger partial charge in [-0.3, -0.25) is 4.90 Å². The van der Waals surface area contributed by atoms with Crippen LogP contribution in [0.3, 0.4) is 0 Å². The second kappa shape index (κ2) is 6.73. The second-order valence-electron chi connectivity index (χ2n) is 7.20. The molecule has 0 radical (unpaired) electrons. The largest absolute Gasteiger partial charge is 0.329 e. The molecule has 2 atom stereocenters. The summed E-state index contributed by atoms with van der Waals surface area (Å²) in [5.74, 6) is 0.758. The lowest BCUT2D eigenvalue weighted by molar-refractivity contribution is 0.0570. The SMILES string of the molecule is CC1CC(C)(C)CCC1N(CCN)Cc1ccccc1. The van der Waals surface area contributed by atoms with E-state index in [-0.39, 0.29) is 0 Å². The molecule has 0 bridgehead atoms. The molecule has 1 aromatic rings. The lowest BCUT2D eigenvalue weighted by Crippen LogP contribution is -2.46. The number of hydrogen-bond acceptors (Lipinski definition) is 2. The second-order valence-corrected chi connectivity index (χ2v) is 7.20. The third-order valence-corrected chi connectivity index (χ3v) is 4.76. The van der Waals surface area contributed by atoms with E-state index < -0.39 is 0 Å². The van der Waals surface area contributed by atoms with Gasteiger partial charge in [0, 0.05) is 25.7 Å². The Kier molecular flexibility index (Phi) is 5.22. The van der Waals surface area contributed by atoms with E-state index >= 15 is 0 Å². The Bertz CT molecular complexity index is 399. The molecule has 0 aromatic heterocycles. The Balaban J connectivity index is 2.05. The van der Waals surface area contributed by atoms with Crippen LogP contribution in [0.2, 0.25) is 0 Å². The molecule has 112 valence electrons. The monoisotopic (exact) mass is 274 g/mol. The Morgan fingerprint density at radius 3 is 2.55 bits per heavy atom. The molecule has 0 aliphatic heterocycles. The van der Waals surface area contributed by atoms with Gasteiger partial charge >= 0.3 is 0 Å². The van der Waals surface area contributed by atoms with Crippen molar-refractivity contribution in [1.29, 1.82) is 0 Å². The standard InChI is InChI=1S/C18H30N2/c1-15-13-18(2,3)10-9-17(15)20(12-11-19)14-16-7-5-4-6-8-16/h4-8,15,17H,9-14,19H2,1-3H3. The van der Waals surface area contributed by atoms with Gasteiger partial charge in [-0.25, -0.2) is 0 Å². The fourth-order valence-electron chi connectivity index (χ4n) is 3.82. The van der Waals surface area contributed by atoms with E-state index in [0.29, 0.717) is 11.5 Å². The van der Waals surface area contributed by atoms with E-state index in [2.05, 4.69) is 56.0 Å². The number of nitrogens with zero attached hydrogens (tertiary/aromatic N) is 1. The van der Waals surface area contributed by atoms with Gasteiger partial charge < -0.3 is 5.73 Å². The van der Waals surface area contributed by atoms with Crippen molar-refractivity contribution in [1.82, 2.24) is 4.90 Å². The lowest BCUT2D eigenvalue weighted by atomic mass is 9.70. The molecule has 2 heteroatoms. The zero-order valence-electron chi connectivity index (χ0n) is 13.3. The molecule has 20 heavy (non-hydrogen) atoms. The Labute approximate surface area is 124 Å². The van der Waals surface area contributed by atoms with Crippen molar-refractivity contribution >= 4 is 0 Å². The first-order valence-electron chi connectivity index (χ1n) is 8.00. The van der Waals surface area contributed by atoms with Gasteiger partial charge in [-0.2, -0.15) is 0 Å². The van der Waals surface area contributed by atoms with E-state index in [1.165, 1.54) is 24.8 Å². The average Bonchev–Trinajstić information content (AvgIpc) is 2.38. The van der Waals surface area contributed by atoms with Crippen LogP contribution in [0.25, 0.3) is 0 Å². The zero-order chi connectivity index (χ0) is 14.6. The molecule has 1 aromatic carbocycles. The summed E-state index contributed by atoms with van der Waals surface area (Å²) < 4.78 is 0. The van der Waals surface area contributed by atoms with Crippen molar-refractivity contribution in [3.8, 4) is 0 Å². The highest BCUT2D eigenvalue weighted by molar-refractivity contribution is 5.14. The summed E-state index contributed by atoms with van der Waals surface area (Å²) in [6.45, 7) is 10.0. The molecule has 1 saturated carbocycles. The summed E-state index contributed by atoms with van der Waals surface area (Å²) in [6.07, 6.45) is 3.96. The topological polar surface area (TPSA) is 29.3 Å². The van der Waals surface area contributed by atoms with Crippen molar-refractivity contribution < 1.29 is 0 Å². The van der Waals surface area contributed by atoms with Crippen molar-refractivity contribution in [3.63, 3.8) is 0 Å². The molecule has 0 heterocycles. The first-order chi connectivity index (χ1) is 9.52. The van der Waals surface area contributed by atoms with E-state index in [1.54, 1.807) is 0 Å². The van der Waals surface area contributed by atoms with E-state index in [0.717, 1.165) is 25.6 Å². The van der Waals surface area contributed by atoms with Crippen LogP contribution < -0.4 is 5.73 Å². The van der Waals surface area contributed by atoms with Gasteiger partial charge in [-0.1, -0.05) is 51.1 Å². The molecular weight excluding hydrogens is 244 g/mol. The molecule has 1 aliphatic carbocycles. The van der Waals surface area contributed by atoms with E-state index in [1.807, 2.05) is 0 Å². The molecule has 0 saturated heterocycles. The quantitative estimate of drug-likeness (QED) is 0.888. The third kappa shape index (κ3) is 4.07. The maximum atomic E-state index is 5.85. The maximum absolute atomic E-state index is 5.85. The zero-order valence-corrected chi connectivity index (χ0v) is 13.3. The predicted molar refractivity (Wildman–Crippen MR) is 86.5 cm³/mol. The van der Waals surface area contributed by atoms with Crippen molar-refractivity contribution in [2.75, 3.05) is 13.1 Å². The minimum absolute atomic E-state index is 0.511. The van der Waals surface area contributed by atoms with Crippen molar-refractivity contribution in [2.45, 2.75) is 52.6 Å². The van der Waals surface area contributed by atoms with Gasteiger partial charge in [0.15, 0.2) is 0 Å². The summed E-state index contributed by atoms with van der Waals surface area (Å²) in [4.78, 5) is 2.61. The number of benzene rings is 1. The summed E-state index contributed by atoms with van der Waals surface area (Å²) in [5.41, 5.74) is 7.76. The predicted octanol–water partition coefficient (Wildman–Crippen LogP) is 3.66. The van der Waals surface area contributed by atoms with Crippen LogP contribution in [0.15, 0.2) is 30.3 Å². The molecule has 2 rings (SSSR count). The Morgan fingerprint density at radius 1 is 1.25 bits per heavy atom. The molecule has 2 nitrogen and oxygen atoms in total. The fraction of sp³-hybridized carbons (Fsp3) is 0.667. The van der Waals surface area contributed by atoms with Crippen LogP contribution in [-0.2, 0) is 6.54 Å². The molecule has 1 fully saturated rings. The van der Waals surface area contributed by atoms with Gasteiger partial charge in [0.05, 0.1) is 0 Å². The van der Waals surface area contributed by atoms with Crippen LogP contribution >= 0.6 is 0 Å². The third-order valence-electron chi connectivity index (χ3n) is 4.76. The Morgan fingerprint density at radius 2 is 1.95 bits per heavy atom. The summed E-state index contributed by atoms with van der Waals surface area (Å²) in [7, 11) is 0. The van der Waals surface area contributed by atoms with Crippen LogP contribution in [0.1, 0.15) is 45.6 Å². The van der Waals surface area contributed by atoms with Crippen LogP contribution in [0.5, 0.6) is 0 Å². The average molecular weight is 274 g/mol.